The summed E-state index contributed by atoms with van der Waals surface area (Å²) in [6, 6.07) is 7.64. The van der Waals surface area contributed by atoms with E-state index in [9.17, 15) is 4.79 Å². The summed E-state index contributed by atoms with van der Waals surface area (Å²) in [5, 5.41) is 0. The number of nitrogens with two attached hydrogens (primary N) is 1. The Hall–Kier alpha value is -1.19. The summed E-state index contributed by atoms with van der Waals surface area (Å²) < 4.78 is 4.99. The van der Waals surface area contributed by atoms with Crippen molar-refractivity contribution in [3.05, 3.63) is 35.4 Å². The van der Waals surface area contributed by atoms with Crippen LogP contribution in [0.4, 0.5) is 0 Å². The molecule has 0 fully saturated rings. The van der Waals surface area contributed by atoms with Gasteiger partial charge in [0.25, 0.3) is 0 Å². The maximum atomic E-state index is 11.6. The van der Waals surface area contributed by atoms with Crippen molar-refractivity contribution in [1.29, 1.82) is 0 Å². The van der Waals surface area contributed by atoms with Gasteiger partial charge in [0.15, 0.2) is 5.78 Å². The average Bonchev–Trinajstić information content (AvgIpc) is 2.27. The Bertz CT molecular complexity index is 323. The van der Waals surface area contributed by atoms with Crippen molar-refractivity contribution < 1.29 is 9.53 Å². The van der Waals surface area contributed by atoms with Crippen molar-refractivity contribution in [2.45, 2.75) is 12.8 Å². The third-order valence-corrected chi connectivity index (χ3v) is 2.22. The van der Waals surface area contributed by atoms with Crippen molar-refractivity contribution in [2.24, 2.45) is 5.73 Å². The van der Waals surface area contributed by atoms with Gasteiger partial charge in [-0.05, 0) is 24.6 Å². The van der Waals surface area contributed by atoms with Crippen LogP contribution in [0, 0.1) is 0 Å². The number of carbonyl (C=O) groups is 1. The molecule has 0 saturated heterocycles. The van der Waals surface area contributed by atoms with E-state index in [0.717, 1.165) is 17.5 Å². The Kier molecular flexibility index (Phi) is 5.01. The summed E-state index contributed by atoms with van der Waals surface area (Å²) in [5.74, 6) is 0.108. The molecule has 1 aromatic rings. The van der Waals surface area contributed by atoms with Crippen LogP contribution in [-0.4, -0.2) is 26.0 Å². The molecular formula is C12H17NO2. The Morgan fingerprint density at radius 2 is 2.27 bits per heavy atom. The van der Waals surface area contributed by atoms with Gasteiger partial charge in [0.1, 0.15) is 0 Å². The minimum Gasteiger partial charge on any atom is -0.384 e. The molecule has 0 amide bonds. The van der Waals surface area contributed by atoms with Crippen LogP contribution in [0.25, 0.3) is 0 Å². The fraction of sp³-hybridized carbons (Fsp3) is 0.417. The summed E-state index contributed by atoms with van der Waals surface area (Å²) in [6.07, 6.45) is 1.24. The van der Waals surface area contributed by atoms with E-state index in [2.05, 4.69) is 0 Å². The smallest absolute Gasteiger partial charge is 0.164 e. The van der Waals surface area contributed by atoms with E-state index < -0.39 is 0 Å². The van der Waals surface area contributed by atoms with Crippen molar-refractivity contribution in [3.63, 3.8) is 0 Å². The molecule has 3 nitrogen and oxygen atoms in total. The summed E-state index contributed by atoms with van der Waals surface area (Å²) >= 11 is 0. The molecule has 0 atom stereocenters. The molecule has 2 N–H and O–H groups in total. The van der Waals surface area contributed by atoms with Gasteiger partial charge in [-0.3, -0.25) is 4.79 Å². The van der Waals surface area contributed by atoms with Gasteiger partial charge in [-0.15, -0.1) is 0 Å². The third-order valence-electron chi connectivity index (χ3n) is 2.22. The third kappa shape index (κ3) is 3.81. The highest BCUT2D eigenvalue weighted by Gasteiger charge is 2.04. The molecule has 0 heterocycles. The van der Waals surface area contributed by atoms with Crippen LogP contribution in [-0.2, 0) is 11.2 Å². The van der Waals surface area contributed by atoms with E-state index in [4.69, 9.17) is 10.5 Å². The van der Waals surface area contributed by atoms with Crippen LogP contribution >= 0.6 is 0 Å². The van der Waals surface area contributed by atoms with Crippen LogP contribution in [0.3, 0.4) is 0 Å². The van der Waals surface area contributed by atoms with Gasteiger partial charge in [-0.2, -0.15) is 0 Å². The second kappa shape index (κ2) is 6.32. The molecule has 0 aliphatic rings. The zero-order chi connectivity index (χ0) is 11.1. The number of hydrogen-bond donors (Lipinski definition) is 1. The molecule has 0 saturated carbocycles. The van der Waals surface area contributed by atoms with Gasteiger partial charge >= 0.3 is 0 Å². The summed E-state index contributed by atoms with van der Waals surface area (Å²) in [7, 11) is 1.67. The number of ether oxygens (including phenoxy) is 1. The minimum atomic E-state index is 0.108. The van der Waals surface area contributed by atoms with E-state index in [1.165, 1.54) is 0 Å². The molecular weight excluding hydrogens is 190 g/mol. The highest BCUT2D eigenvalue weighted by atomic mass is 16.5. The maximum absolute atomic E-state index is 11.6. The summed E-state index contributed by atoms with van der Waals surface area (Å²) in [5.41, 5.74) is 7.21. The first kappa shape index (κ1) is 11.9. The average molecular weight is 207 g/mol. The molecule has 1 rings (SSSR count). The number of rotatable bonds is 6. The predicted molar refractivity (Wildman–Crippen MR) is 60.0 cm³/mol. The van der Waals surface area contributed by atoms with Crippen molar-refractivity contribution in [1.82, 2.24) is 0 Å². The van der Waals surface area contributed by atoms with Crippen LogP contribution in [0.5, 0.6) is 0 Å². The number of methoxy groups -OCH3 is 1. The SMILES string of the molecule is COCCc1cccc(C(=O)CCN)c1. The Morgan fingerprint density at radius 3 is 2.93 bits per heavy atom. The maximum Gasteiger partial charge on any atom is 0.164 e. The first-order valence-electron chi connectivity index (χ1n) is 5.09. The van der Waals surface area contributed by atoms with Gasteiger partial charge in [0.05, 0.1) is 6.61 Å². The molecule has 0 aliphatic heterocycles. The van der Waals surface area contributed by atoms with E-state index in [1.807, 2.05) is 24.3 Å². The number of carbonyl (C=O) groups excluding carboxylic acids is 1. The number of benzene rings is 1. The van der Waals surface area contributed by atoms with Crippen molar-refractivity contribution in [3.8, 4) is 0 Å². The van der Waals surface area contributed by atoms with Gasteiger partial charge < -0.3 is 10.5 Å². The fourth-order valence-electron chi connectivity index (χ4n) is 1.40. The molecule has 0 bridgehead atoms. The molecule has 15 heavy (non-hydrogen) atoms. The van der Waals surface area contributed by atoms with E-state index in [-0.39, 0.29) is 5.78 Å². The topological polar surface area (TPSA) is 52.3 Å². The van der Waals surface area contributed by atoms with Crippen LogP contribution in [0.1, 0.15) is 22.3 Å². The fourth-order valence-corrected chi connectivity index (χ4v) is 1.40. The number of hydrogen-bond acceptors (Lipinski definition) is 3. The van der Waals surface area contributed by atoms with Crippen molar-refractivity contribution in [2.75, 3.05) is 20.3 Å². The quantitative estimate of drug-likeness (QED) is 0.717. The molecule has 0 aliphatic carbocycles. The highest BCUT2D eigenvalue weighted by molar-refractivity contribution is 5.96. The zero-order valence-corrected chi connectivity index (χ0v) is 9.03. The normalized spacial score (nSPS) is 10.3. The first-order chi connectivity index (χ1) is 7.27. The van der Waals surface area contributed by atoms with Gasteiger partial charge in [-0.25, -0.2) is 0 Å². The number of ketones is 1. The van der Waals surface area contributed by atoms with Crippen molar-refractivity contribution >= 4 is 5.78 Å². The molecule has 1 aromatic carbocycles. The lowest BCUT2D eigenvalue weighted by atomic mass is 10.0. The second-order valence-corrected chi connectivity index (χ2v) is 3.41. The lowest BCUT2D eigenvalue weighted by Crippen LogP contribution is -2.08. The standard InChI is InChI=1S/C12H17NO2/c1-15-8-6-10-3-2-4-11(9-10)12(14)5-7-13/h2-4,9H,5-8,13H2,1H3. The van der Waals surface area contributed by atoms with Gasteiger partial charge in [0.2, 0.25) is 0 Å². The monoisotopic (exact) mass is 207 g/mol. The molecule has 0 unspecified atom stereocenters. The Balaban J connectivity index is 2.69. The lowest BCUT2D eigenvalue weighted by molar-refractivity contribution is 0.0985. The molecule has 0 aromatic heterocycles. The minimum absolute atomic E-state index is 0.108. The van der Waals surface area contributed by atoms with Gasteiger partial charge in [-0.1, -0.05) is 18.2 Å². The van der Waals surface area contributed by atoms with Crippen LogP contribution < -0.4 is 5.73 Å². The lowest BCUT2D eigenvalue weighted by Gasteiger charge is -2.03. The first-order valence-corrected chi connectivity index (χ1v) is 5.09. The van der Waals surface area contributed by atoms with Gasteiger partial charge in [0, 0.05) is 19.1 Å². The van der Waals surface area contributed by atoms with E-state index in [0.29, 0.717) is 19.6 Å². The summed E-state index contributed by atoms with van der Waals surface area (Å²) in [4.78, 5) is 11.6. The van der Waals surface area contributed by atoms with Crippen LogP contribution in [0.15, 0.2) is 24.3 Å². The molecule has 82 valence electrons. The largest absolute Gasteiger partial charge is 0.384 e. The Labute approximate surface area is 90.2 Å². The Morgan fingerprint density at radius 1 is 1.47 bits per heavy atom. The molecule has 0 spiro atoms. The second-order valence-electron chi connectivity index (χ2n) is 3.41. The number of Topliss-reactive ketones (excluding diaryl/α,β-unsaturated/α-hetero) is 1. The predicted octanol–water partition coefficient (Wildman–Crippen LogP) is 1.41. The summed E-state index contributed by atoms with van der Waals surface area (Å²) in [6.45, 7) is 1.08. The highest BCUT2D eigenvalue weighted by Crippen LogP contribution is 2.08. The van der Waals surface area contributed by atoms with Crippen LogP contribution in [0.2, 0.25) is 0 Å². The van der Waals surface area contributed by atoms with E-state index >= 15 is 0 Å². The zero-order valence-electron chi connectivity index (χ0n) is 9.03. The molecule has 3 heteroatoms. The van der Waals surface area contributed by atoms with E-state index in [1.54, 1.807) is 7.11 Å². The molecule has 0 radical (unpaired) electrons.